The van der Waals surface area contributed by atoms with Crippen molar-refractivity contribution in [2.45, 2.75) is 19.3 Å². The number of ether oxygens (including phenoxy) is 1. The highest BCUT2D eigenvalue weighted by atomic mass is 32.1. The predicted octanol–water partition coefficient (Wildman–Crippen LogP) is 3.81. The van der Waals surface area contributed by atoms with Gasteiger partial charge in [-0.3, -0.25) is 4.79 Å². The molecule has 102 valence electrons. The number of ketones is 1. The number of nitriles is 1. The summed E-state index contributed by atoms with van der Waals surface area (Å²) >= 11 is 1.45. The summed E-state index contributed by atoms with van der Waals surface area (Å²) in [5.74, 6) is -0.420. The van der Waals surface area contributed by atoms with Crippen molar-refractivity contribution in [3.8, 4) is 11.8 Å². The van der Waals surface area contributed by atoms with Gasteiger partial charge in [0, 0.05) is 10.4 Å². The SMILES string of the molecule is CCc1ccc(C(=O)C(C#N)c2ccccc2OC)s1. The van der Waals surface area contributed by atoms with Gasteiger partial charge in [0.25, 0.3) is 0 Å². The van der Waals surface area contributed by atoms with E-state index in [0.717, 1.165) is 11.3 Å². The van der Waals surface area contributed by atoms with Gasteiger partial charge in [-0.1, -0.05) is 25.1 Å². The van der Waals surface area contributed by atoms with Crippen LogP contribution in [0.25, 0.3) is 0 Å². The third-order valence-electron chi connectivity index (χ3n) is 3.09. The van der Waals surface area contributed by atoms with Crippen LogP contribution in [0.5, 0.6) is 5.75 Å². The molecule has 0 saturated carbocycles. The van der Waals surface area contributed by atoms with Gasteiger partial charge in [-0.2, -0.15) is 5.26 Å². The average molecular weight is 285 g/mol. The molecule has 0 aliphatic carbocycles. The van der Waals surface area contributed by atoms with Crippen molar-refractivity contribution < 1.29 is 9.53 Å². The monoisotopic (exact) mass is 285 g/mol. The van der Waals surface area contributed by atoms with E-state index in [0.29, 0.717) is 16.2 Å². The van der Waals surface area contributed by atoms with Crippen LogP contribution in [-0.2, 0) is 6.42 Å². The van der Waals surface area contributed by atoms with Gasteiger partial charge < -0.3 is 4.74 Å². The Bertz CT molecular complexity index is 654. The maximum absolute atomic E-state index is 12.5. The zero-order valence-electron chi connectivity index (χ0n) is 11.4. The molecule has 2 rings (SSSR count). The number of nitrogens with zero attached hydrogens (tertiary/aromatic N) is 1. The normalized spacial score (nSPS) is 11.7. The van der Waals surface area contributed by atoms with Crippen molar-refractivity contribution >= 4 is 17.1 Å². The molecule has 3 nitrogen and oxygen atoms in total. The number of hydrogen-bond acceptors (Lipinski definition) is 4. The lowest BCUT2D eigenvalue weighted by molar-refractivity contribution is 0.0981. The standard InChI is InChI=1S/C16H15NO2S/c1-3-11-8-9-15(20-11)16(18)13(10-17)12-6-4-5-7-14(12)19-2/h4-9,13H,3H2,1-2H3. The molecule has 1 aromatic heterocycles. The fourth-order valence-electron chi connectivity index (χ4n) is 2.02. The van der Waals surface area contributed by atoms with E-state index in [-0.39, 0.29) is 5.78 Å². The van der Waals surface area contributed by atoms with Crippen LogP contribution < -0.4 is 4.74 Å². The minimum Gasteiger partial charge on any atom is -0.496 e. The van der Waals surface area contributed by atoms with E-state index < -0.39 is 5.92 Å². The molecule has 0 amide bonds. The van der Waals surface area contributed by atoms with Crippen molar-refractivity contribution in [3.63, 3.8) is 0 Å². The molecule has 0 radical (unpaired) electrons. The zero-order valence-corrected chi connectivity index (χ0v) is 12.2. The molecule has 20 heavy (non-hydrogen) atoms. The van der Waals surface area contributed by atoms with Crippen molar-refractivity contribution in [3.05, 3.63) is 51.7 Å². The molecule has 0 aliphatic rings. The summed E-state index contributed by atoms with van der Waals surface area (Å²) in [5, 5.41) is 9.37. The summed E-state index contributed by atoms with van der Waals surface area (Å²) in [5.41, 5.74) is 0.619. The van der Waals surface area contributed by atoms with Crippen LogP contribution >= 0.6 is 11.3 Å². The Hall–Kier alpha value is -2.12. The Labute approximate surface area is 122 Å². The van der Waals surface area contributed by atoms with Gasteiger partial charge in [-0.05, 0) is 24.6 Å². The lowest BCUT2D eigenvalue weighted by Gasteiger charge is -2.11. The van der Waals surface area contributed by atoms with Gasteiger partial charge in [0.2, 0.25) is 0 Å². The van der Waals surface area contributed by atoms with Gasteiger partial charge in [0.1, 0.15) is 11.7 Å². The van der Waals surface area contributed by atoms with Crippen LogP contribution in [0.2, 0.25) is 0 Å². The second-order valence-corrected chi connectivity index (χ2v) is 5.46. The number of methoxy groups -OCH3 is 1. The highest BCUT2D eigenvalue weighted by Gasteiger charge is 2.25. The molecule has 0 bridgehead atoms. The van der Waals surface area contributed by atoms with Gasteiger partial charge >= 0.3 is 0 Å². The number of benzene rings is 1. The lowest BCUT2D eigenvalue weighted by Crippen LogP contribution is -2.11. The van der Waals surface area contributed by atoms with E-state index in [1.807, 2.05) is 19.1 Å². The van der Waals surface area contributed by atoms with E-state index in [4.69, 9.17) is 4.74 Å². The van der Waals surface area contributed by atoms with Crippen molar-refractivity contribution in [1.82, 2.24) is 0 Å². The first kappa shape index (κ1) is 14.3. The number of carbonyl (C=O) groups excluding carboxylic acids is 1. The Kier molecular flexibility index (Phi) is 4.54. The first-order chi connectivity index (χ1) is 9.71. The lowest BCUT2D eigenvalue weighted by atomic mass is 9.94. The first-order valence-corrected chi connectivity index (χ1v) is 7.18. The van der Waals surface area contributed by atoms with Gasteiger partial charge in [-0.25, -0.2) is 0 Å². The van der Waals surface area contributed by atoms with Crippen molar-refractivity contribution in [1.29, 1.82) is 5.26 Å². The highest BCUT2D eigenvalue weighted by Crippen LogP contribution is 2.30. The number of carbonyl (C=O) groups is 1. The maximum Gasteiger partial charge on any atom is 0.194 e. The van der Waals surface area contributed by atoms with Crippen LogP contribution in [-0.4, -0.2) is 12.9 Å². The minimum atomic E-state index is -0.825. The smallest absolute Gasteiger partial charge is 0.194 e. The van der Waals surface area contributed by atoms with Crippen LogP contribution in [0.4, 0.5) is 0 Å². The summed E-state index contributed by atoms with van der Waals surface area (Å²) in [4.78, 5) is 14.3. The summed E-state index contributed by atoms with van der Waals surface area (Å²) in [6.07, 6.45) is 0.893. The minimum absolute atomic E-state index is 0.165. The molecule has 0 N–H and O–H groups in total. The number of hydrogen-bond donors (Lipinski definition) is 0. The molecule has 1 unspecified atom stereocenters. The summed E-state index contributed by atoms with van der Waals surface area (Å²) in [7, 11) is 1.54. The summed E-state index contributed by atoms with van der Waals surface area (Å²) in [6, 6.07) is 13.0. The topological polar surface area (TPSA) is 50.1 Å². The largest absolute Gasteiger partial charge is 0.496 e. The molecule has 0 aliphatic heterocycles. The van der Waals surface area contributed by atoms with Crippen LogP contribution in [0.3, 0.4) is 0 Å². The molecule has 1 aromatic carbocycles. The molecule has 0 spiro atoms. The molecule has 0 saturated heterocycles. The number of aryl methyl sites for hydroxylation is 1. The molecule has 1 heterocycles. The Morgan fingerprint density at radius 3 is 2.70 bits per heavy atom. The Morgan fingerprint density at radius 1 is 1.35 bits per heavy atom. The fourth-order valence-corrected chi connectivity index (χ4v) is 2.93. The van der Waals surface area contributed by atoms with Crippen molar-refractivity contribution in [2.75, 3.05) is 7.11 Å². The summed E-state index contributed by atoms with van der Waals surface area (Å²) < 4.78 is 5.24. The quantitative estimate of drug-likeness (QED) is 0.785. The van der Waals surface area contributed by atoms with E-state index in [2.05, 4.69) is 6.07 Å². The van der Waals surface area contributed by atoms with E-state index in [1.165, 1.54) is 18.4 Å². The van der Waals surface area contributed by atoms with E-state index >= 15 is 0 Å². The van der Waals surface area contributed by atoms with Crippen LogP contribution in [0, 0.1) is 11.3 Å². The van der Waals surface area contributed by atoms with Crippen molar-refractivity contribution in [2.24, 2.45) is 0 Å². The molecule has 2 aromatic rings. The van der Waals surface area contributed by atoms with Gasteiger partial charge in [0.05, 0.1) is 18.1 Å². The third kappa shape index (κ3) is 2.73. The summed E-state index contributed by atoms with van der Waals surface area (Å²) in [6.45, 7) is 2.04. The molecular formula is C16H15NO2S. The van der Waals surface area contributed by atoms with E-state index in [9.17, 15) is 10.1 Å². The fraction of sp³-hybridized carbons (Fsp3) is 0.250. The Balaban J connectivity index is 2.37. The molecule has 0 fully saturated rings. The third-order valence-corrected chi connectivity index (χ3v) is 4.34. The highest BCUT2D eigenvalue weighted by molar-refractivity contribution is 7.14. The zero-order chi connectivity index (χ0) is 14.5. The van der Waals surface area contributed by atoms with Gasteiger partial charge in [0.15, 0.2) is 5.78 Å². The van der Waals surface area contributed by atoms with Gasteiger partial charge in [-0.15, -0.1) is 11.3 Å². The predicted molar refractivity (Wildman–Crippen MR) is 79.4 cm³/mol. The number of Topliss-reactive ketones (excluding diaryl/α,β-unsaturated/α-hetero) is 1. The van der Waals surface area contributed by atoms with Crippen LogP contribution in [0.15, 0.2) is 36.4 Å². The molecule has 1 atom stereocenters. The number of rotatable bonds is 5. The first-order valence-electron chi connectivity index (χ1n) is 6.36. The second-order valence-electron chi connectivity index (χ2n) is 4.29. The Morgan fingerprint density at radius 2 is 2.10 bits per heavy atom. The number of para-hydroxylation sites is 1. The average Bonchev–Trinajstić information content (AvgIpc) is 2.97. The number of thiophene rings is 1. The maximum atomic E-state index is 12.5. The van der Waals surface area contributed by atoms with Crippen LogP contribution in [0.1, 0.15) is 33.0 Å². The second kappa shape index (κ2) is 6.36. The molecular weight excluding hydrogens is 270 g/mol. The van der Waals surface area contributed by atoms with E-state index in [1.54, 1.807) is 24.3 Å². The molecule has 4 heteroatoms.